The van der Waals surface area contributed by atoms with E-state index < -0.39 is 33.8 Å². The molecule has 0 spiro atoms. The highest BCUT2D eigenvalue weighted by molar-refractivity contribution is 6.51. The molecule has 1 aromatic carbocycles. The average Bonchev–Trinajstić information content (AvgIpc) is 3.43. The fourth-order valence-electron chi connectivity index (χ4n) is 6.11. The van der Waals surface area contributed by atoms with E-state index >= 15 is 0 Å². The van der Waals surface area contributed by atoms with Crippen LogP contribution < -0.4 is 0 Å². The number of nitrogens with zero attached hydrogens (tertiary/aromatic N) is 1. The Labute approximate surface area is 186 Å². The molecule has 29 heavy (non-hydrogen) atoms. The summed E-state index contributed by atoms with van der Waals surface area (Å²) in [6, 6.07) is 9.35. The Morgan fingerprint density at radius 1 is 0.966 bits per heavy atom. The van der Waals surface area contributed by atoms with Crippen LogP contribution >= 0.6 is 46.4 Å². The Bertz CT molecular complexity index is 932. The fraction of sp³-hybridized carbons (Fsp3) is 0.500. The Balaban J connectivity index is 1.32. The normalized spacial score (nSPS) is 46.8. The second kappa shape index (κ2) is 5.90. The van der Waals surface area contributed by atoms with E-state index in [1.54, 1.807) is 0 Å². The second-order valence-corrected chi connectivity index (χ2v) is 10.5. The highest BCUT2D eigenvalue weighted by Gasteiger charge is 2.82. The van der Waals surface area contributed by atoms with Crippen molar-refractivity contribution in [2.24, 2.45) is 23.7 Å². The van der Waals surface area contributed by atoms with Crippen LogP contribution in [0.4, 0.5) is 0 Å². The van der Waals surface area contributed by atoms with Gasteiger partial charge in [0.2, 0.25) is 0 Å². The van der Waals surface area contributed by atoms with Gasteiger partial charge in [-0.3, -0.25) is 14.4 Å². The maximum Gasteiger partial charge on any atom is 0.260 e. The molecular formula is C20H15Cl4NO4. The molecular weight excluding hydrogens is 460 g/mol. The number of fused-ring (bicyclic) bond motifs is 12. The lowest BCUT2D eigenvalue weighted by Gasteiger charge is -2.40. The van der Waals surface area contributed by atoms with Crippen molar-refractivity contribution in [1.29, 1.82) is 0 Å². The van der Waals surface area contributed by atoms with Crippen molar-refractivity contribution in [2.75, 3.05) is 0 Å². The van der Waals surface area contributed by atoms with Crippen LogP contribution in [0.5, 0.6) is 0 Å². The topological polar surface area (TPSA) is 55.8 Å². The minimum absolute atomic E-state index is 0.124. The third-order valence-electron chi connectivity index (χ3n) is 7.17. The van der Waals surface area contributed by atoms with Crippen LogP contribution in [0.1, 0.15) is 12.0 Å². The quantitative estimate of drug-likeness (QED) is 0.494. The van der Waals surface area contributed by atoms with Gasteiger partial charge >= 0.3 is 0 Å². The Morgan fingerprint density at radius 3 is 2.00 bits per heavy atom. The molecule has 1 aromatic rings. The third kappa shape index (κ3) is 2.12. The Morgan fingerprint density at radius 2 is 1.48 bits per heavy atom. The summed E-state index contributed by atoms with van der Waals surface area (Å²) < 4.78 is 6.13. The van der Waals surface area contributed by atoms with Crippen LogP contribution in [-0.2, 0) is 25.8 Å². The summed E-state index contributed by atoms with van der Waals surface area (Å²) in [6.07, 6.45) is -0.690. The third-order valence-corrected chi connectivity index (χ3v) is 9.66. The molecule has 0 unspecified atom stereocenters. The number of carbonyl (C=O) groups excluding carboxylic acids is 2. The molecule has 4 fully saturated rings. The number of ether oxygens (including phenoxy) is 1. The van der Waals surface area contributed by atoms with Gasteiger partial charge in [-0.25, -0.2) is 0 Å². The van der Waals surface area contributed by atoms with Gasteiger partial charge in [0.1, 0.15) is 6.61 Å². The zero-order valence-corrected chi connectivity index (χ0v) is 17.9. The minimum Gasteiger partial charge on any atom is -0.373 e. The predicted molar refractivity (Wildman–Crippen MR) is 106 cm³/mol. The summed E-state index contributed by atoms with van der Waals surface area (Å²) in [4.78, 5) is 29.9. The van der Waals surface area contributed by atoms with Crippen LogP contribution in [0.2, 0.25) is 0 Å². The predicted octanol–water partition coefficient (Wildman–Crippen LogP) is 3.79. The molecule has 3 saturated heterocycles. The number of hydroxylamine groups is 2. The van der Waals surface area contributed by atoms with Crippen LogP contribution in [0.25, 0.3) is 0 Å². The lowest BCUT2D eigenvalue weighted by atomic mass is 9.65. The molecule has 152 valence electrons. The summed E-state index contributed by atoms with van der Waals surface area (Å²) in [5.74, 6) is -2.59. The second-order valence-electron chi connectivity index (χ2n) is 8.43. The van der Waals surface area contributed by atoms with Crippen molar-refractivity contribution in [1.82, 2.24) is 5.06 Å². The molecule has 6 rings (SSSR count). The smallest absolute Gasteiger partial charge is 0.260 e. The van der Waals surface area contributed by atoms with Crippen LogP contribution in [-0.4, -0.2) is 38.8 Å². The lowest BCUT2D eigenvalue weighted by molar-refractivity contribution is -0.196. The van der Waals surface area contributed by atoms with E-state index in [-0.39, 0.29) is 30.3 Å². The molecule has 9 heteroatoms. The molecule has 2 amide bonds. The number of hydrogen-bond acceptors (Lipinski definition) is 4. The number of allylic oxidation sites excluding steroid dienone is 2. The maximum absolute atomic E-state index is 13.1. The molecule has 0 radical (unpaired) electrons. The highest BCUT2D eigenvalue weighted by Crippen LogP contribution is 2.75. The van der Waals surface area contributed by atoms with Gasteiger partial charge in [-0.2, -0.15) is 5.06 Å². The van der Waals surface area contributed by atoms with Crippen LogP contribution in [0.15, 0.2) is 40.4 Å². The molecule has 4 bridgehead atoms. The van der Waals surface area contributed by atoms with Crippen molar-refractivity contribution in [3.63, 3.8) is 0 Å². The fourth-order valence-corrected chi connectivity index (χ4v) is 8.12. The van der Waals surface area contributed by atoms with Crippen molar-refractivity contribution in [3.05, 3.63) is 46.0 Å². The summed E-state index contributed by atoms with van der Waals surface area (Å²) in [7, 11) is 0. The first-order chi connectivity index (χ1) is 13.8. The SMILES string of the molecule is O=C1[C@H]2[C@H]3O[C@H]([C@@H]2C(=O)N1OCc1ccccc1)[C@@H]1[C@@H]3[C@]2(Cl)C[C@]1(Cl)C(Cl)=C2Cl. The van der Waals surface area contributed by atoms with E-state index in [0.29, 0.717) is 16.5 Å². The summed E-state index contributed by atoms with van der Waals surface area (Å²) in [5.41, 5.74) is 0.862. The van der Waals surface area contributed by atoms with E-state index in [1.807, 2.05) is 30.3 Å². The van der Waals surface area contributed by atoms with Gasteiger partial charge in [0.25, 0.3) is 11.8 Å². The zero-order valence-electron chi connectivity index (χ0n) is 14.9. The molecule has 5 aliphatic rings. The summed E-state index contributed by atoms with van der Waals surface area (Å²) in [5, 5.41) is 1.56. The van der Waals surface area contributed by atoms with Gasteiger partial charge in [0.15, 0.2) is 0 Å². The van der Waals surface area contributed by atoms with Crippen LogP contribution in [0, 0.1) is 23.7 Å². The molecule has 5 nitrogen and oxygen atoms in total. The number of alkyl halides is 2. The standard InChI is InChI=1S/C20H15Cl4NO4/c21-15-16(22)20(24)7-19(15,23)11-12(20)14-10-9(13(11)29-14)17(26)25(18(10)27)28-6-8-4-2-1-3-5-8/h1-5,9-14H,6-7H2/t9-,10-,11+,12+,13-,14-,19-,20-/m1/s1. The van der Waals surface area contributed by atoms with E-state index in [9.17, 15) is 9.59 Å². The summed E-state index contributed by atoms with van der Waals surface area (Å²) >= 11 is 26.7. The molecule has 3 heterocycles. The van der Waals surface area contributed by atoms with Gasteiger partial charge in [0, 0.05) is 11.8 Å². The lowest BCUT2D eigenvalue weighted by Crippen LogP contribution is -2.50. The van der Waals surface area contributed by atoms with Crippen molar-refractivity contribution in [2.45, 2.75) is 35.0 Å². The first kappa shape index (κ1) is 18.9. The number of rotatable bonds is 3. The van der Waals surface area contributed by atoms with Crippen molar-refractivity contribution >= 4 is 58.2 Å². The molecule has 0 aromatic heterocycles. The molecule has 2 aliphatic carbocycles. The van der Waals surface area contributed by atoms with Gasteiger partial charge < -0.3 is 4.74 Å². The Hall–Kier alpha value is -0.820. The van der Waals surface area contributed by atoms with E-state index in [1.165, 1.54) is 0 Å². The monoisotopic (exact) mass is 473 g/mol. The van der Waals surface area contributed by atoms with Crippen molar-refractivity contribution in [3.8, 4) is 0 Å². The van der Waals surface area contributed by atoms with E-state index in [0.717, 1.165) is 10.6 Å². The number of carbonyl (C=O) groups is 2. The molecule has 3 aliphatic heterocycles. The highest BCUT2D eigenvalue weighted by atomic mass is 35.5. The minimum atomic E-state index is -0.961. The number of hydrogen-bond donors (Lipinski definition) is 0. The van der Waals surface area contributed by atoms with E-state index in [2.05, 4.69) is 0 Å². The van der Waals surface area contributed by atoms with Gasteiger partial charge in [-0.15, -0.1) is 23.2 Å². The number of imide groups is 1. The van der Waals surface area contributed by atoms with Crippen LogP contribution in [0.3, 0.4) is 0 Å². The largest absolute Gasteiger partial charge is 0.373 e. The number of amides is 2. The molecule has 0 N–H and O–H groups in total. The molecule has 8 atom stereocenters. The number of halogens is 4. The van der Waals surface area contributed by atoms with Gasteiger partial charge in [-0.05, 0) is 12.0 Å². The number of benzene rings is 1. The van der Waals surface area contributed by atoms with E-state index in [4.69, 9.17) is 56.0 Å². The Kier molecular flexibility index (Phi) is 3.85. The maximum atomic E-state index is 13.1. The average molecular weight is 475 g/mol. The molecule has 1 saturated carbocycles. The first-order valence-electron chi connectivity index (χ1n) is 9.43. The van der Waals surface area contributed by atoms with Crippen molar-refractivity contribution < 1.29 is 19.2 Å². The summed E-state index contributed by atoms with van der Waals surface area (Å²) in [6.45, 7) is 0.124. The first-order valence-corrected chi connectivity index (χ1v) is 10.9. The van der Waals surface area contributed by atoms with Gasteiger partial charge in [-0.1, -0.05) is 53.5 Å². The van der Waals surface area contributed by atoms with Gasteiger partial charge in [0.05, 0.1) is 43.9 Å². The zero-order chi connectivity index (χ0) is 20.3.